The summed E-state index contributed by atoms with van der Waals surface area (Å²) in [6, 6.07) is 50.7. The Bertz CT molecular complexity index is 2480. The van der Waals surface area contributed by atoms with Crippen LogP contribution in [0.4, 0.5) is 17.1 Å². The number of nitrogens with zero attached hydrogens (tertiary/aromatic N) is 1. The smallest absolute Gasteiger partial charge is 0.137 e. The number of anilines is 3. The van der Waals surface area contributed by atoms with Gasteiger partial charge in [0.2, 0.25) is 0 Å². The molecule has 2 nitrogen and oxygen atoms in total. The van der Waals surface area contributed by atoms with Crippen LogP contribution in [0.25, 0.3) is 54.6 Å². The molecule has 9 rings (SSSR count). The number of para-hydroxylation sites is 2. The highest BCUT2D eigenvalue weighted by Crippen LogP contribution is 2.57. The maximum Gasteiger partial charge on any atom is 0.137 e. The average molecular weight is 594 g/mol. The van der Waals surface area contributed by atoms with Crippen molar-refractivity contribution in [2.24, 2.45) is 0 Å². The zero-order chi connectivity index (χ0) is 31.2. The van der Waals surface area contributed by atoms with Crippen LogP contribution in [0.2, 0.25) is 0 Å². The highest BCUT2D eigenvalue weighted by atomic mass is 16.3. The Hall–Kier alpha value is -5.34. The van der Waals surface area contributed by atoms with E-state index in [1.807, 2.05) is 12.1 Å². The number of fused-ring (bicyclic) bond motifs is 10. The molecular formula is C44H35NO. The molecule has 1 aliphatic rings. The molecule has 2 heteroatoms. The lowest BCUT2D eigenvalue weighted by Crippen LogP contribution is -2.43. The van der Waals surface area contributed by atoms with E-state index in [0.29, 0.717) is 0 Å². The van der Waals surface area contributed by atoms with Gasteiger partial charge in [0.05, 0.1) is 0 Å². The fraction of sp³-hybridized carbons (Fsp3) is 0.136. The number of hydrogen-bond donors (Lipinski definition) is 0. The molecule has 0 saturated carbocycles. The van der Waals surface area contributed by atoms with Gasteiger partial charge in [-0.15, -0.1) is 0 Å². The standard InChI is InChI=1S/C44H35NO/c1-43(2)39-26-30(45(29-13-6-5-7-14-29)31-20-23-36-35-16-10-11-17-40(35)46-41(36)27-31)19-22-34(39)38-25-24-33-32-15-9-8-12-28(32)18-21-37(33)42(38)44(43,3)4/h5-27H,1-4H3. The van der Waals surface area contributed by atoms with E-state index in [0.717, 1.165) is 39.0 Å². The van der Waals surface area contributed by atoms with Crippen molar-refractivity contribution in [3.63, 3.8) is 0 Å². The van der Waals surface area contributed by atoms with Crippen molar-refractivity contribution in [3.05, 3.63) is 151 Å². The summed E-state index contributed by atoms with van der Waals surface area (Å²) in [6.45, 7) is 9.71. The lowest BCUT2D eigenvalue weighted by molar-refractivity contribution is 0.301. The van der Waals surface area contributed by atoms with E-state index in [2.05, 4.69) is 160 Å². The van der Waals surface area contributed by atoms with Crippen molar-refractivity contribution >= 4 is 60.5 Å². The molecule has 0 atom stereocenters. The van der Waals surface area contributed by atoms with E-state index in [1.54, 1.807) is 0 Å². The Morgan fingerprint density at radius 1 is 0.435 bits per heavy atom. The van der Waals surface area contributed by atoms with Crippen molar-refractivity contribution < 1.29 is 4.42 Å². The number of hydrogen-bond acceptors (Lipinski definition) is 2. The first-order valence-electron chi connectivity index (χ1n) is 16.2. The van der Waals surface area contributed by atoms with Crippen LogP contribution in [-0.4, -0.2) is 0 Å². The molecule has 0 amide bonds. The summed E-state index contributed by atoms with van der Waals surface area (Å²) in [5.41, 5.74) is 10.3. The summed E-state index contributed by atoms with van der Waals surface area (Å²) in [6.07, 6.45) is 0. The van der Waals surface area contributed by atoms with Gasteiger partial charge in [-0.3, -0.25) is 0 Å². The SMILES string of the molecule is CC1(C)c2cc(N(c3ccccc3)c3ccc4c(c3)oc3ccccc34)ccc2-c2ccc3c(ccc4ccccc43)c2C1(C)C. The van der Waals surface area contributed by atoms with Gasteiger partial charge in [-0.1, -0.05) is 119 Å². The molecular weight excluding hydrogens is 558 g/mol. The minimum absolute atomic E-state index is 0.124. The summed E-state index contributed by atoms with van der Waals surface area (Å²) < 4.78 is 6.34. The van der Waals surface area contributed by atoms with Gasteiger partial charge >= 0.3 is 0 Å². The maximum atomic E-state index is 6.34. The van der Waals surface area contributed by atoms with Crippen LogP contribution in [0.1, 0.15) is 38.8 Å². The minimum Gasteiger partial charge on any atom is -0.456 e. The third-order valence-electron chi connectivity index (χ3n) is 11.0. The predicted octanol–water partition coefficient (Wildman–Crippen LogP) is 12.6. The third kappa shape index (κ3) is 3.70. The summed E-state index contributed by atoms with van der Waals surface area (Å²) >= 11 is 0. The highest BCUT2D eigenvalue weighted by Gasteiger charge is 2.47. The zero-order valence-electron chi connectivity index (χ0n) is 26.6. The van der Waals surface area contributed by atoms with E-state index in [1.165, 1.54) is 43.8 Å². The topological polar surface area (TPSA) is 16.4 Å². The first-order valence-corrected chi connectivity index (χ1v) is 16.2. The molecule has 0 unspecified atom stereocenters. The van der Waals surface area contributed by atoms with E-state index in [9.17, 15) is 0 Å². The first-order chi connectivity index (χ1) is 22.3. The summed E-state index contributed by atoms with van der Waals surface area (Å²) in [4.78, 5) is 2.36. The van der Waals surface area contributed by atoms with Crippen LogP contribution < -0.4 is 4.90 Å². The lowest BCUT2D eigenvalue weighted by Gasteiger charge is -2.49. The van der Waals surface area contributed by atoms with Crippen LogP contribution >= 0.6 is 0 Å². The van der Waals surface area contributed by atoms with Crippen molar-refractivity contribution in [3.8, 4) is 11.1 Å². The number of furan rings is 1. The molecule has 0 bridgehead atoms. The van der Waals surface area contributed by atoms with Crippen LogP contribution in [0.3, 0.4) is 0 Å². The number of benzene rings is 7. The van der Waals surface area contributed by atoms with Crippen molar-refractivity contribution in [1.29, 1.82) is 0 Å². The van der Waals surface area contributed by atoms with Crippen LogP contribution in [0.15, 0.2) is 144 Å². The van der Waals surface area contributed by atoms with Crippen LogP contribution in [0, 0.1) is 0 Å². The van der Waals surface area contributed by atoms with Gasteiger partial charge in [0.15, 0.2) is 0 Å². The van der Waals surface area contributed by atoms with Crippen molar-refractivity contribution in [2.45, 2.75) is 38.5 Å². The Kier molecular flexibility index (Phi) is 5.63. The van der Waals surface area contributed by atoms with E-state index in [-0.39, 0.29) is 10.8 Å². The first kappa shape index (κ1) is 27.0. The summed E-state index contributed by atoms with van der Waals surface area (Å²) in [5.74, 6) is 0. The van der Waals surface area contributed by atoms with Gasteiger partial charge in [0.25, 0.3) is 0 Å². The maximum absolute atomic E-state index is 6.34. The molecule has 7 aromatic carbocycles. The highest BCUT2D eigenvalue weighted by molar-refractivity contribution is 6.11. The fourth-order valence-corrected chi connectivity index (χ4v) is 7.94. The molecule has 0 fully saturated rings. The van der Waals surface area contributed by atoms with Gasteiger partial charge in [-0.25, -0.2) is 0 Å². The quantitative estimate of drug-likeness (QED) is 0.189. The normalized spacial score (nSPS) is 14.9. The van der Waals surface area contributed by atoms with E-state index >= 15 is 0 Å². The van der Waals surface area contributed by atoms with Crippen LogP contribution in [-0.2, 0) is 10.8 Å². The van der Waals surface area contributed by atoms with Crippen LogP contribution in [0.5, 0.6) is 0 Å². The molecule has 1 aliphatic carbocycles. The molecule has 0 aliphatic heterocycles. The van der Waals surface area contributed by atoms with Gasteiger partial charge < -0.3 is 9.32 Å². The molecule has 222 valence electrons. The Balaban J connectivity index is 1.26. The second-order valence-electron chi connectivity index (χ2n) is 13.8. The predicted molar refractivity (Wildman–Crippen MR) is 195 cm³/mol. The average Bonchev–Trinajstić information content (AvgIpc) is 3.45. The van der Waals surface area contributed by atoms with Gasteiger partial charge in [-0.05, 0) is 91.7 Å². The Morgan fingerprint density at radius 3 is 1.91 bits per heavy atom. The Morgan fingerprint density at radius 2 is 1.07 bits per heavy atom. The third-order valence-corrected chi connectivity index (χ3v) is 11.0. The fourth-order valence-electron chi connectivity index (χ4n) is 7.94. The van der Waals surface area contributed by atoms with E-state index < -0.39 is 0 Å². The Labute approximate surface area is 269 Å². The zero-order valence-corrected chi connectivity index (χ0v) is 26.6. The largest absolute Gasteiger partial charge is 0.456 e. The molecule has 8 aromatic rings. The van der Waals surface area contributed by atoms with E-state index in [4.69, 9.17) is 4.42 Å². The van der Waals surface area contributed by atoms with Crippen molar-refractivity contribution in [1.82, 2.24) is 0 Å². The van der Waals surface area contributed by atoms with Gasteiger partial charge in [-0.2, -0.15) is 0 Å². The molecule has 46 heavy (non-hydrogen) atoms. The van der Waals surface area contributed by atoms with Gasteiger partial charge in [0.1, 0.15) is 11.2 Å². The van der Waals surface area contributed by atoms with Gasteiger partial charge in [0, 0.05) is 39.3 Å². The summed E-state index contributed by atoms with van der Waals surface area (Å²) in [5, 5.41) is 7.57. The second kappa shape index (κ2) is 9.58. The minimum atomic E-state index is -0.143. The monoisotopic (exact) mass is 593 g/mol. The lowest BCUT2D eigenvalue weighted by atomic mass is 9.54. The molecule has 0 saturated heterocycles. The molecule has 0 radical (unpaired) electrons. The second-order valence-corrected chi connectivity index (χ2v) is 13.8. The molecule has 1 heterocycles. The molecule has 0 N–H and O–H groups in total. The number of rotatable bonds is 3. The molecule has 0 spiro atoms. The van der Waals surface area contributed by atoms with Crippen molar-refractivity contribution in [2.75, 3.05) is 4.90 Å². The summed E-state index contributed by atoms with van der Waals surface area (Å²) in [7, 11) is 0. The molecule has 1 aromatic heterocycles.